The van der Waals surface area contributed by atoms with Crippen LogP contribution in [0, 0.1) is 5.92 Å². The standard InChI is InChI=1S/C26H30N2O2/c1-20-5-4-15-28(18-20)19-21-8-10-23(11-9-21)26(29)27-14-16-30-25-13-12-22-6-2-3-7-24(22)17-25/h2-3,6-13,17,20H,4-5,14-16,18-19H2,1H3,(H,27,29)/t20-/m1/s1. The minimum Gasteiger partial charge on any atom is -0.492 e. The highest BCUT2D eigenvalue weighted by Crippen LogP contribution is 2.20. The number of hydrogen-bond donors (Lipinski definition) is 1. The Kier molecular flexibility index (Phi) is 6.65. The minimum atomic E-state index is -0.0599. The van der Waals surface area contributed by atoms with Gasteiger partial charge < -0.3 is 10.1 Å². The number of amides is 1. The average Bonchev–Trinajstić information content (AvgIpc) is 2.77. The quantitative estimate of drug-likeness (QED) is 0.573. The highest BCUT2D eigenvalue weighted by atomic mass is 16.5. The molecule has 0 bridgehead atoms. The predicted molar refractivity (Wildman–Crippen MR) is 122 cm³/mol. The van der Waals surface area contributed by atoms with Gasteiger partial charge in [0.15, 0.2) is 0 Å². The highest BCUT2D eigenvalue weighted by Gasteiger charge is 2.16. The zero-order valence-corrected chi connectivity index (χ0v) is 17.6. The molecule has 1 heterocycles. The fraction of sp³-hybridized carbons (Fsp3) is 0.346. The number of hydrogen-bond acceptors (Lipinski definition) is 3. The van der Waals surface area contributed by atoms with Crippen molar-refractivity contribution in [1.29, 1.82) is 0 Å². The lowest BCUT2D eigenvalue weighted by Gasteiger charge is -2.30. The molecule has 156 valence electrons. The molecule has 0 aromatic heterocycles. The van der Waals surface area contributed by atoms with Gasteiger partial charge in [-0.2, -0.15) is 0 Å². The van der Waals surface area contributed by atoms with Gasteiger partial charge >= 0.3 is 0 Å². The van der Waals surface area contributed by atoms with Crippen LogP contribution >= 0.6 is 0 Å². The number of rotatable bonds is 7. The Balaban J connectivity index is 1.22. The first-order valence-electron chi connectivity index (χ1n) is 10.9. The Bertz CT molecular complexity index is 984. The van der Waals surface area contributed by atoms with E-state index in [2.05, 4.69) is 47.5 Å². The molecule has 4 rings (SSSR count). The van der Waals surface area contributed by atoms with E-state index in [4.69, 9.17) is 4.74 Å². The van der Waals surface area contributed by atoms with Crippen molar-refractivity contribution >= 4 is 16.7 Å². The second-order valence-corrected chi connectivity index (χ2v) is 8.29. The van der Waals surface area contributed by atoms with Crippen LogP contribution in [0.4, 0.5) is 0 Å². The molecule has 1 amide bonds. The lowest BCUT2D eigenvalue weighted by atomic mass is 9.99. The van der Waals surface area contributed by atoms with E-state index in [1.807, 2.05) is 36.4 Å². The number of fused-ring (bicyclic) bond motifs is 1. The average molecular weight is 403 g/mol. The van der Waals surface area contributed by atoms with Crippen molar-refractivity contribution in [2.75, 3.05) is 26.2 Å². The van der Waals surface area contributed by atoms with Gasteiger partial charge in [-0.05, 0) is 65.9 Å². The Hall–Kier alpha value is -2.85. The molecule has 4 nitrogen and oxygen atoms in total. The summed E-state index contributed by atoms with van der Waals surface area (Å²) in [5, 5.41) is 5.28. The summed E-state index contributed by atoms with van der Waals surface area (Å²) in [6.07, 6.45) is 2.61. The number of nitrogens with one attached hydrogen (secondary N) is 1. The normalized spacial score (nSPS) is 17.0. The topological polar surface area (TPSA) is 41.6 Å². The molecule has 1 saturated heterocycles. The smallest absolute Gasteiger partial charge is 0.251 e. The van der Waals surface area contributed by atoms with Gasteiger partial charge in [-0.3, -0.25) is 9.69 Å². The Morgan fingerprint density at radius 3 is 2.67 bits per heavy atom. The summed E-state index contributed by atoms with van der Waals surface area (Å²) in [6, 6.07) is 22.2. The van der Waals surface area contributed by atoms with Crippen molar-refractivity contribution in [3.63, 3.8) is 0 Å². The summed E-state index contributed by atoms with van der Waals surface area (Å²) in [6.45, 7) is 6.53. The van der Waals surface area contributed by atoms with Crippen LogP contribution in [0.3, 0.4) is 0 Å². The van der Waals surface area contributed by atoms with E-state index in [0.29, 0.717) is 18.7 Å². The number of carbonyl (C=O) groups is 1. The fourth-order valence-corrected chi connectivity index (χ4v) is 4.14. The molecule has 0 saturated carbocycles. The summed E-state index contributed by atoms with van der Waals surface area (Å²) < 4.78 is 5.79. The largest absolute Gasteiger partial charge is 0.492 e. The van der Waals surface area contributed by atoms with Crippen LogP contribution in [-0.4, -0.2) is 37.0 Å². The van der Waals surface area contributed by atoms with Crippen LogP contribution < -0.4 is 10.1 Å². The van der Waals surface area contributed by atoms with Crippen molar-refractivity contribution in [1.82, 2.24) is 10.2 Å². The predicted octanol–water partition coefficient (Wildman–Crippen LogP) is 4.88. The number of nitrogens with zero attached hydrogens (tertiary/aromatic N) is 1. The summed E-state index contributed by atoms with van der Waals surface area (Å²) in [7, 11) is 0. The van der Waals surface area contributed by atoms with Gasteiger partial charge in [0.2, 0.25) is 0 Å². The second kappa shape index (κ2) is 9.77. The van der Waals surface area contributed by atoms with E-state index in [9.17, 15) is 4.79 Å². The van der Waals surface area contributed by atoms with Crippen LogP contribution in [0.2, 0.25) is 0 Å². The number of benzene rings is 3. The SMILES string of the molecule is C[C@@H]1CCCN(Cc2ccc(C(=O)NCCOc3ccc4ccccc4c3)cc2)C1. The molecule has 1 fully saturated rings. The monoisotopic (exact) mass is 402 g/mol. The van der Waals surface area contributed by atoms with Crippen molar-refractivity contribution < 1.29 is 9.53 Å². The maximum atomic E-state index is 12.4. The third-order valence-corrected chi connectivity index (χ3v) is 5.74. The van der Waals surface area contributed by atoms with Gasteiger partial charge in [-0.25, -0.2) is 0 Å². The number of likely N-dealkylation sites (tertiary alicyclic amines) is 1. The number of ether oxygens (including phenoxy) is 1. The maximum Gasteiger partial charge on any atom is 0.251 e. The van der Waals surface area contributed by atoms with E-state index in [1.165, 1.54) is 36.9 Å². The zero-order chi connectivity index (χ0) is 20.8. The van der Waals surface area contributed by atoms with Crippen LogP contribution in [-0.2, 0) is 6.54 Å². The lowest BCUT2D eigenvalue weighted by molar-refractivity contribution is 0.0947. The molecule has 0 spiro atoms. The van der Waals surface area contributed by atoms with Crippen molar-refractivity contribution in [2.24, 2.45) is 5.92 Å². The molecular formula is C26H30N2O2. The molecule has 1 aliphatic rings. The Labute approximate surface area is 178 Å². The van der Waals surface area contributed by atoms with Gasteiger partial charge in [0.25, 0.3) is 5.91 Å². The Morgan fingerprint density at radius 1 is 1.07 bits per heavy atom. The van der Waals surface area contributed by atoms with E-state index < -0.39 is 0 Å². The fourth-order valence-electron chi connectivity index (χ4n) is 4.14. The van der Waals surface area contributed by atoms with Crippen molar-refractivity contribution in [3.05, 3.63) is 77.9 Å². The first kappa shape index (κ1) is 20.4. The molecule has 4 heteroatoms. The third-order valence-electron chi connectivity index (χ3n) is 5.74. The van der Waals surface area contributed by atoms with Gasteiger partial charge in [-0.15, -0.1) is 0 Å². The maximum absolute atomic E-state index is 12.4. The van der Waals surface area contributed by atoms with Gasteiger partial charge in [0.1, 0.15) is 12.4 Å². The zero-order valence-electron chi connectivity index (χ0n) is 17.6. The molecule has 0 radical (unpaired) electrons. The van der Waals surface area contributed by atoms with Crippen LogP contribution in [0.15, 0.2) is 66.7 Å². The Morgan fingerprint density at radius 2 is 1.87 bits per heavy atom. The lowest BCUT2D eigenvalue weighted by Crippen LogP contribution is -2.33. The van der Waals surface area contributed by atoms with E-state index in [0.717, 1.165) is 23.6 Å². The van der Waals surface area contributed by atoms with Gasteiger partial charge in [0, 0.05) is 18.7 Å². The molecule has 1 atom stereocenters. The van der Waals surface area contributed by atoms with Crippen LogP contribution in [0.1, 0.15) is 35.7 Å². The van der Waals surface area contributed by atoms with E-state index in [-0.39, 0.29) is 5.91 Å². The molecule has 3 aromatic carbocycles. The van der Waals surface area contributed by atoms with Crippen LogP contribution in [0.5, 0.6) is 5.75 Å². The summed E-state index contributed by atoms with van der Waals surface area (Å²) >= 11 is 0. The molecular weight excluding hydrogens is 372 g/mol. The first-order chi connectivity index (χ1) is 14.7. The first-order valence-corrected chi connectivity index (χ1v) is 10.9. The number of carbonyl (C=O) groups excluding carboxylic acids is 1. The summed E-state index contributed by atoms with van der Waals surface area (Å²) in [5.74, 6) is 1.54. The van der Waals surface area contributed by atoms with Crippen molar-refractivity contribution in [3.8, 4) is 5.75 Å². The number of piperidine rings is 1. The molecule has 0 aliphatic carbocycles. The molecule has 1 N–H and O–H groups in total. The van der Waals surface area contributed by atoms with Gasteiger partial charge in [0.05, 0.1) is 6.54 Å². The van der Waals surface area contributed by atoms with Crippen molar-refractivity contribution in [2.45, 2.75) is 26.3 Å². The van der Waals surface area contributed by atoms with E-state index >= 15 is 0 Å². The second-order valence-electron chi connectivity index (χ2n) is 8.29. The summed E-state index contributed by atoms with van der Waals surface area (Å²) in [4.78, 5) is 14.9. The highest BCUT2D eigenvalue weighted by molar-refractivity contribution is 5.94. The third kappa shape index (κ3) is 5.39. The molecule has 1 aliphatic heterocycles. The van der Waals surface area contributed by atoms with Crippen LogP contribution in [0.25, 0.3) is 10.8 Å². The minimum absolute atomic E-state index is 0.0599. The molecule has 30 heavy (non-hydrogen) atoms. The molecule has 3 aromatic rings. The van der Waals surface area contributed by atoms with Gasteiger partial charge in [-0.1, -0.05) is 49.4 Å². The summed E-state index contributed by atoms with van der Waals surface area (Å²) in [5.41, 5.74) is 1.96. The molecule has 0 unspecified atom stereocenters. The van der Waals surface area contributed by atoms with E-state index in [1.54, 1.807) is 0 Å².